The predicted molar refractivity (Wildman–Crippen MR) is 92.0 cm³/mol. The van der Waals surface area contributed by atoms with Gasteiger partial charge in [-0.05, 0) is 50.1 Å². The Hall–Kier alpha value is -2.56. The van der Waals surface area contributed by atoms with Crippen LogP contribution in [0, 0.1) is 0 Å². The van der Waals surface area contributed by atoms with Gasteiger partial charge in [0.1, 0.15) is 5.76 Å². The fraction of sp³-hybridized carbons (Fsp3) is 0.368. The Morgan fingerprint density at radius 1 is 1.33 bits per heavy atom. The molecule has 0 radical (unpaired) electrons. The average Bonchev–Trinajstić information content (AvgIpc) is 3.24. The third kappa shape index (κ3) is 3.85. The quantitative estimate of drug-likeness (QED) is 0.887. The molecule has 24 heavy (non-hydrogen) atoms. The highest BCUT2D eigenvalue weighted by atomic mass is 16.3. The number of amides is 2. The van der Waals surface area contributed by atoms with E-state index in [0.29, 0.717) is 12.0 Å². The van der Waals surface area contributed by atoms with Crippen LogP contribution in [-0.4, -0.2) is 24.4 Å². The van der Waals surface area contributed by atoms with E-state index in [2.05, 4.69) is 5.32 Å². The van der Waals surface area contributed by atoms with Gasteiger partial charge in [0.2, 0.25) is 5.91 Å². The van der Waals surface area contributed by atoms with Crippen LogP contribution in [0.15, 0.2) is 47.1 Å². The van der Waals surface area contributed by atoms with Gasteiger partial charge in [0.25, 0.3) is 5.91 Å². The molecule has 5 heteroatoms. The van der Waals surface area contributed by atoms with E-state index in [1.54, 1.807) is 23.3 Å². The van der Waals surface area contributed by atoms with Crippen LogP contribution >= 0.6 is 0 Å². The van der Waals surface area contributed by atoms with E-state index in [9.17, 15) is 9.59 Å². The Balaban J connectivity index is 1.59. The van der Waals surface area contributed by atoms with Gasteiger partial charge < -0.3 is 14.6 Å². The summed E-state index contributed by atoms with van der Waals surface area (Å²) < 4.78 is 5.31. The first-order valence-electron chi connectivity index (χ1n) is 8.37. The van der Waals surface area contributed by atoms with E-state index in [4.69, 9.17) is 4.42 Å². The number of carbonyl (C=O) groups excluding carboxylic acids is 2. The van der Waals surface area contributed by atoms with Crippen LogP contribution < -0.4 is 10.2 Å². The van der Waals surface area contributed by atoms with Gasteiger partial charge in [-0.15, -0.1) is 0 Å². The zero-order valence-corrected chi connectivity index (χ0v) is 13.8. The zero-order valence-electron chi connectivity index (χ0n) is 13.8. The number of hydrogen-bond acceptors (Lipinski definition) is 3. The summed E-state index contributed by atoms with van der Waals surface area (Å²) in [6.07, 6.45) is 4.71. The molecule has 1 aromatic heterocycles. The SMILES string of the molecule is C[C@@H](CCc1ccco1)NC(=O)c1cccc(N2CCCC2=O)c1. The molecule has 1 saturated heterocycles. The number of benzene rings is 1. The van der Waals surface area contributed by atoms with Crippen LogP contribution in [0.4, 0.5) is 5.69 Å². The number of aryl methyl sites for hydroxylation is 1. The number of nitrogens with one attached hydrogen (secondary N) is 1. The van der Waals surface area contributed by atoms with Gasteiger partial charge >= 0.3 is 0 Å². The summed E-state index contributed by atoms with van der Waals surface area (Å²) in [5.74, 6) is 0.931. The van der Waals surface area contributed by atoms with Crippen molar-refractivity contribution < 1.29 is 14.0 Å². The first kappa shape index (κ1) is 16.3. The Kier molecular flexibility index (Phi) is 4.99. The molecule has 0 saturated carbocycles. The van der Waals surface area contributed by atoms with Gasteiger partial charge in [0, 0.05) is 36.7 Å². The number of rotatable bonds is 6. The summed E-state index contributed by atoms with van der Waals surface area (Å²) in [6.45, 7) is 2.71. The molecular formula is C19H22N2O3. The minimum Gasteiger partial charge on any atom is -0.469 e. The van der Waals surface area contributed by atoms with Crippen molar-refractivity contribution in [2.45, 2.75) is 38.6 Å². The van der Waals surface area contributed by atoms with Crippen molar-refractivity contribution in [3.05, 3.63) is 54.0 Å². The number of furan rings is 1. The van der Waals surface area contributed by atoms with Gasteiger partial charge in [-0.2, -0.15) is 0 Å². The highest BCUT2D eigenvalue weighted by Gasteiger charge is 2.22. The Morgan fingerprint density at radius 3 is 2.92 bits per heavy atom. The second kappa shape index (κ2) is 7.34. The number of hydrogen-bond donors (Lipinski definition) is 1. The highest BCUT2D eigenvalue weighted by Crippen LogP contribution is 2.22. The van der Waals surface area contributed by atoms with Crippen molar-refractivity contribution in [1.29, 1.82) is 0 Å². The molecular weight excluding hydrogens is 304 g/mol. The molecule has 5 nitrogen and oxygen atoms in total. The molecule has 2 amide bonds. The largest absolute Gasteiger partial charge is 0.469 e. The summed E-state index contributed by atoms with van der Waals surface area (Å²) in [5, 5.41) is 3.00. The maximum Gasteiger partial charge on any atom is 0.251 e. The molecule has 0 bridgehead atoms. The molecule has 3 rings (SSSR count). The molecule has 0 spiro atoms. The van der Waals surface area contributed by atoms with E-state index >= 15 is 0 Å². The molecule has 2 aromatic rings. The summed E-state index contributed by atoms with van der Waals surface area (Å²) in [6, 6.07) is 11.1. The fourth-order valence-corrected chi connectivity index (χ4v) is 2.93. The predicted octanol–water partition coefficient (Wildman–Crippen LogP) is 3.16. The Morgan fingerprint density at radius 2 is 2.21 bits per heavy atom. The summed E-state index contributed by atoms with van der Waals surface area (Å²) in [7, 11) is 0. The van der Waals surface area contributed by atoms with Crippen molar-refractivity contribution in [3.63, 3.8) is 0 Å². The standard InChI is InChI=1S/C19H22N2O3/c1-14(9-10-17-7-4-12-24-17)20-19(23)15-5-2-6-16(13-15)21-11-3-8-18(21)22/h2,4-7,12-14H,3,8-11H2,1H3,(H,20,23)/t14-/m0/s1. The average molecular weight is 326 g/mol. The van der Waals surface area contributed by atoms with E-state index in [0.717, 1.165) is 37.3 Å². The smallest absolute Gasteiger partial charge is 0.251 e. The third-order valence-electron chi connectivity index (χ3n) is 4.27. The monoisotopic (exact) mass is 326 g/mol. The topological polar surface area (TPSA) is 62.6 Å². The van der Waals surface area contributed by atoms with E-state index in [1.165, 1.54) is 0 Å². The molecule has 2 heterocycles. The molecule has 126 valence electrons. The van der Waals surface area contributed by atoms with Crippen molar-refractivity contribution in [2.24, 2.45) is 0 Å². The lowest BCUT2D eigenvalue weighted by Gasteiger charge is -2.17. The maximum atomic E-state index is 12.4. The minimum atomic E-state index is -0.115. The molecule has 1 N–H and O–H groups in total. The normalized spacial score (nSPS) is 15.5. The molecule has 1 aliphatic rings. The van der Waals surface area contributed by atoms with E-state index < -0.39 is 0 Å². The molecule has 1 atom stereocenters. The Bertz CT molecular complexity index is 709. The lowest BCUT2D eigenvalue weighted by molar-refractivity contribution is -0.117. The summed E-state index contributed by atoms with van der Waals surface area (Å²) >= 11 is 0. The van der Waals surface area contributed by atoms with Crippen LogP contribution in [0.25, 0.3) is 0 Å². The van der Waals surface area contributed by atoms with Crippen molar-refractivity contribution >= 4 is 17.5 Å². The van der Waals surface area contributed by atoms with Crippen LogP contribution in [-0.2, 0) is 11.2 Å². The van der Waals surface area contributed by atoms with Crippen molar-refractivity contribution in [3.8, 4) is 0 Å². The summed E-state index contributed by atoms with van der Waals surface area (Å²) in [4.78, 5) is 26.0. The number of nitrogens with zero attached hydrogens (tertiary/aromatic N) is 1. The molecule has 0 unspecified atom stereocenters. The molecule has 0 aliphatic carbocycles. The van der Waals surface area contributed by atoms with Crippen LogP contribution in [0.2, 0.25) is 0 Å². The number of anilines is 1. The van der Waals surface area contributed by atoms with Crippen molar-refractivity contribution in [2.75, 3.05) is 11.4 Å². The van der Waals surface area contributed by atoms with Crippen LogP contribution in [0.5, 0.6) is 0 Å². The fourth-order valence-electron chi connectivity index (χ4n) is 2.93. The van der Waals surface area contributed by atoms with Gasteiger partial charge in [-0.1, -0.05) is 6.07 Å². The second-order valence-corrected chi connectivity index (χ2v) is 6.19. The number of carbonyl (C=O) groups is 2. The molecule has 1 aromatic carbocycles. The van der Waals surface area contributed by atoms with Crippen molar-refractivity contribution in [1.82, 2.24) is 5.32 Å². The highest BCUT2D eigenvalue weighted by molar-refractivity contribution is 5.99. The first-order chi connectivity index (χ1) is 11.6. The lowest BCUT2D eigenvalue weighted by atomic mass is 10.1. The maximum absolute atomic E-state index is 12.4. The minimum absolute atomic E-state index is 0.0414. The molecule has 1 aliphatic heterocycles. The summed E-state index contributed by atoms with van der Waals surface area (Å²) in [5.41, 5.74) is 1.38. The van der Waals surface area contributed by atoms with Gasteiger partial charge in [-0.25, -0.2) is 0 Å². The van der Waals surface area contributed by atoms with Gasteiger partial charge in [0.15, 0.2) is 0 Å². The molecule has 1 fully saturated rings. The zero-order chi connectivity index (χ0) is 16.9. The van der Waals surface area contributed by atoms with E-state index in [-0.39, 0.29) is 17.9 Å². The first-order valence-corrected chi connectivity index (χ1v) is 8.37. The van der Waals surface area contributed by atoms with E-state index in [1.807, 2.05) is 31.2 Å². The lowest BCUT2D eigenvalue weighted by Crippen LogP contribution is -2.33. The van der Waals surface area contributed by atoms with Crippen LogP contribution in [0.3, 0.4) is 0 Å². The third-order valence-corrected chi connectivity index (χ3v) is 4.27. The van der Waals surface area contributed by atoms with Gasteiger partial charge in [0.05, 0.1) is 6.26 Å². The second-order valence-electron chi connectivity index (χ2n) is 6.19. The van der Waals surface area contributed by atoms with Gasteiger partial charge in [-0.3, -0.25) is 9.59 Å². The Labute approximate surface area is 141 Å². The van der Waals surface area contributed by atoms with Crippen LogP contribution in [0.1, 0.15) is 42.3 Å².